The SMILES string of the molecule is CC(C)Oc1ccc(Br)cc1C(=O)Nc1ccccc1C(=O)N1CCCC1. The zero-order valence-corrected chi connectivity index (χ0v) is 17.1. The van der Waals surface area contributed by atoms with Gasteiger partial charge in [-0.2, -0.15) is 0 Å². The first kappa shape index (κ1) is 19.4. The lowest BCUT2D eigenvalue weighted by molar-refractivity contribution is 0.0794. The highest BCUT2D eigenvalue weighted by Crippen LogP contribution is 2.27. The van der Waals surface area contributed by atoms with Crippen LogP contribution in [0, 0.1) is 0 Å². The summed E-state index contributed by atoms with van der Waals surface area (Å²) in [6, 6.07) is 12.4. The van der Waals surface area contributed by atoms with E-state index in [-0.39, 0.29) is 17.9 Å². The van der Waals surface area contributed by atoms with Gasteiger partial charge in [-0.1, -0.05) is 28.1 Å². The number of amides is 2. The van der Waals surface area contributed by atoms with E-state index < -0.39 is 0 Å². The molecule has 3 rings (SSSR count). The van der Waals surface area contributed by atoms with Gasteiger partial charge in [-0.3, -0.25) is 9.59 Å². The van der Waals surface area contributed by atoms with E-state index in [4.69, 9.17) is 4.74 Å². The Morgan fingerprint density at radius 1 is 1.07 bits per heavy atom. The molecule has 0 bridgehead atoms. The summed E-state index contributed by atoms with van der Waals surface area (Å²) in [5.41, 5.74) is 1.44. The van der Waals surface area contributed by atoms with Crippen molar-refractivity contribution in [2.24, 2.45) is 0 Å². The van der Waals surface area contributed by atoms with Crippen LogP contribution >= 0.6 is 15.9 Å². The quantitative estimate of drug-likeness (QED) is 0.745. The van der Waals surface area contributed by atoms with Crippen LogP contribution in [0.4, 0.5) is 5.69 Å². The molecule has 2 aromatic rings. The zero-order valence-electron chi connectivity index (χ0n) is 15.5. The summed E-state index contributed by atoms with van der Waals surface area (Å²) in [7, 11) is 0. The van der Waals surface area contributed by atoms with E-state index in [9.17, 15) is 9.59 Å². The van der Waals surface area contributed by atoms with E-state index in [2.05, 4.69) is 21.2 Å². The summed E-state index contributed by atoms with van der Waals surface area (Å²) in [5.74, 6) is 0.152. The van der Waals surface area contributed by atoms with Gasteiger partial charge in [-0.25, -0.2) is 0 Å². The summed E-state index contributed by atoms with van der Waals surface area (Å²) in [5, 5.41) is 2.88. The average Bonchev–Trinajstić information content (AvgIpc) is 3.17. The highest BCUT2D eigenvalue weighted by Gasteiger charge is 2.23. The predicted octanol–water partition coefficient (Wildman–Crippen LogP) is 4.72. The van der Waals surface area contributed by atoms with Crippen molar-refractivity contribution in [3.05, 3.63) is 58.1 Å². The minimum absolute atomic E-state index is 0.0451. The van der Waals surface area contributed by atoms with Crippen LogP contribution in [0.5, 0.6) is 5.75 Å². The number of nitrogens with zero attached hydrogens (tertiary/aromatic N) is 1. The Hall–Kier alpha value is -2.34. The fourth-order valence-corrected chi connectivity index (χ4v) is 3.46. The molecule has 0 aromatic heterocycles. The molecule has 0 spiro atoms. The Labute approximate surface area is 167 Å². The van der Waals surface area contributed by atoms with Gasteiger partial charge in [-0.05, 0) is 57.0 Å². The molecule has 1 heterocycles. The molecule has 2 aromatic carbocycles. The number of ether oxygens (including phenoxy) is 1. The Balaban J connectivity index is 1.87. The number of anilines is 1. The van der Waals surface area contributed by atoms with Crippen LogP contribution in [0.3, 0.4) is 0 Å². The van der Waals surface area contributed by atoms with Crippen LogP contribution in [0.15, 0.2) is 46.9 Å². The standard InChI is InChI=1S/C21H23BrN2O3/c1-14(2)27-19-10-9-15(22)13-17(19)20(25)23-18-8-4-3-7-16(18)21(26)24-11-5-6-12-24/h3-4,7-10,13-14H,5-6,11-12H2,1-2H3,(H,23,25). The van der Waals surface area contributed by atoms with E-state index in [1.807, 2.05) is 36.9 Å². The van der Waals surface area contributed by atoms with Crippen LogP contribution in [0.1, 0.15) is 47.4 Å². The maximum atomic E-state index is 12.9. The van der Waals surface area contributed by atoms with Gasteiger partial charge in [0.15, 0.2) is 0 Å². The largest absolute Gasteiger partial charge is 0.490 e. The molecule has 0 atom stereocenters. The van der Waals surface area contributed by atoms with Gasteiger partial charge in [0, 0.05) is 17.6 Å². The number of likely N-dealkylation sites (tertiary alicyclic amines) is 1. The summed E-state index contributed by atoms with van der Waals surface area (Å²) < 4.78 is 6.54. The molecule has 1 saturated heterocycles. The Morgan fingerprint density at radius 3 is 2.48 bits per heavy atom. The topological polar surface area (TPSA) is 58.6 Å². The number of hydrogen-bond acceptors (Lipinski definition) is 3. The van der Waals surface area contributed by atoms with Crippen LogP contribution in [-0.4, -0.2) is 35.9 Å². The number of rotatable bonds is 5. The van der Waals surface area contributed by atoms with Crippen molar-refractivity contribution < 1.29 is 14.3 Å². The van der Waals surface area contributed by atoms with Crippen LogP contribution in [-0.2, 0) is 0 Å². The first-order valence-corrected chi connectivity index (χ1v) is 9.91. The van der Waals surface area contributed by atoms with Crippen molar-refractivity contribution in [3.8, 4) is 5.75 Å². The summed E-state index contributed by atoms with van der Waals surface area (Å²) in [6.07, 6.45) is 1.99. The molecule has 1 fully saturated rings. The van der Waals surface area contributed by atoms with E-state index in [0.717, 1.165) is 30.4 Å². The lowest BCUT2D eigenvalue weighted by Crippen LogP contribution is -2.28. The Morgan fingerprint density at radius 2 is 1.78 bits per heavy atom. The van der Waals surface area contributed by atoms with Gasteiger partial charge in [-0.15, -0.1) is 0 Å². The number of carbonyl (C=O) groups excluding carboxylic acids is 2. The summed E-state index contributed by atoms with van der Waals surface area (Å²) in [4.78, 5) is 27.6. The fraction of sp³-hybridized carbons (Fsp3) is 0.333. The average molecular weight is 431 g/mol. The van der Waals surface area contributed by atoms with Crippen LogP contribution in [0.25, 0.3) is 0 Å². The number of halogens is 1. The highest BCUT2D eigenvalue weighted by molar-refractivity contribution is 9.10. The van der Waals surface area contributed by atoms with Crippen LogP contribution < -0.4 is 10.1 Å². The lowest BCUT2D eigenvalue weighted by atomic mass is 10.1. The third-order valence-corrected chi connectivity index (χ3v) is 4.84. The van der Waals surface area contributed by atoms with Gasteiger partial charge < -0.3 is 15.0 Å². The molecule has 5 nitrogen and oxygen atoms in total. The van der Waals surface area contributed by atoms with Crippen molar-refractivity contribution in [1.82, 2.24) is 4.90 Å². The molecular formula is C21H23BrN2O3. The Bertz CT molecular complexity index is 845. The number of benzene rings is 2. The molecule has 6 heteroatoms. The van der Waals surface area contributed by atoms with Crippen molar-refractivity contribution in [2.45, 2.75) is 32.8 Å². The monoisotopic (exact) mass is 430 g/mol. The molecule has 2 amide bonds. The number of carbonyl (C=O) groups is 2. The molecule has 1 N–H and O–H groups in total. The van der Waals surface area contributed by atoms with Crippen molar-refractivity contribution in [2.75, 3.05) is 18.4 Å². The van der Waals surface area contributed by atoms with Crippen molar-refractivity contribution in [3.63, 3.8) is 0 Å². The van der Waals surface area contributed by atoms with Gasteiger partial charge in [0.2, 0.25) is 0 Å². The summed E-state index contributed by atoms with van der Waals surface area (Å²) in [6.45, 7) is 5.35. The fourth-order valence-electron chi connectivity index (χ4n) is 3.10. The van der Waals surface area contributed by atoms with E-state index in [0.29, 0.717) is 22.6 Å². The second-order valence-corrected chi connectivity index (χ2v) is 7.72. The Kier molecular flexibility index (Phi) is 6.16. The maximum Gasteiger partial charge on any atom is 0.259 e. The molecule has 27 heavy (non-hydrogen) atoms. The molecule has 142 valence electrons. The third kappa shape index (κ3) is 4.69. The van der Waals surface area contributed by atoms with Crippen LogP contribution in [0.2, 0.25) is 0 Å². The maximum absolute atomic E-state index is 12.9. The molecule has 0 saturated carbocycles. The predicted molar refractivity (Wildman–Crippen MR) is 109 cm³/mol. The molecule has 0 radical (unpaired) electrons. The molecule has 1 aliphatic heterocycles. The highest BCUT2D eigenvalue weighted by atomic mass is 79.9. The third-order valence-electron chi connectivity index (χ3n) is 4.35. The molecule has 0 unspecified atom stereocenters. The van der Waals surface area contributed by atoms with Crippen molar-refractivity contribution in [1.29, 1.82) is 0 Å². The minimum Gasteiger partial charge on any atom is -0.490 e. The van der Waals surface area contributed by atoms with E-state index in [1.54, 1.807) is 24.3 Å². The van der Waals surface area contributed by atoms with Gasteiger partial charge in [0.05, 0.1) is 22.9 Å². The smallest absolute Gasteiger partial charge is 0.259 e. The number of hydrogen-bond donors (Lipinski definition) is 1. The molecule has 0 aliphatic carbocycles. The second kappa shape index (κ2) is 8.57. The molecule has 1 aliphatic rings. The number of nitrogens with one attached hydrogen (secondary N) is 1. The minimum atomic E-state index is -0.311. The van der Waals surface area contributed by atoms with Gasteiger partial charge in [0.25, 0.3) is 11.8 Å². The lowest BCUT2D eigenvalue weighted by Gasteiger charge is -2.19. The van der Waals surface area contributed by atoms with E-state index >= 15 is 0 Å². The van der Waals surface area contributed by atoms with Crippen molar-refractivity contribution >= 4 is 33.4 Å². The van der Waals surface area contributed by atoms with Gasteiger partial charge in [0.1, 0.15) is 5.75 Å². The summed E-state index contributed by atoms with van der Waals surface area (Å²) >= 11 is 3.40. The first-order valence-electron chi connectivity index (χ1n) is 9.11. The normalized spacial score (nSPS) is 13.7. The zero-order chi connectivity index (χ0) is 19.4. The van der Waals surface area contributed by atoms with E-state index in [1.165, 1.54) is 0 Å². The molecular weight excluding hydrogens is 408 g/mol. The second-order valence-electron chi connectivity index (χ2n) is 6.81. The van der Waals surface area contributed by atoms with Gasteiger partial charge >= 0.3 is 0 Å². The first-order chi connectivity index (χ1) is 13.0. The number of para-hydroxylation sites is 1.